The van der Waals surface area contributed by atoms with Crippen molar-refractivity contribution in [2.24, 2.45) is 7.05 Å². The summed E-state index contributed by atoms with van der Waals surface area (Å²) < 4.78 is 3.47. The minimum atomic E-state index is -1.18. The Bertz CT molecular complexity index is 1300. The number of amides is 2. The molecular weight excluding hydrogens is 428 g/mol. The zero-order valence-corrected chi connectivity index (χ0v) is 19.7. The van der Waals surface area contributed by atoms with E-state index in [2.05, 4.69) is 20.7 Å². The molecule has 174 valence electrons. The molecule has 0 saturated heterocycles. The Morgan fingerprint density at radius 1 is 0.971 bits per heavy atom. The van der Waals surface area contributed by atoms with Crippen molar-refractivity contribution in [3.05, 3.63) is 89.7 Å². The lowest BCUT2D eigenvalue weighted by atomic mass is 10.0. The molecule has 8 nitrogen and oxygen atoms in total. The normalized spacial score (nSPS) is 11.3. The predicted molar refractivity (Wildman–Crippen MR) is 131 cm³/mol. The highest BCUT2D eigenvalue weighted by atomic mass is 16.2. The Balaban J connectivity index is 1.57. The van der Waals surface area contributed by atoms with E-state index in [0.29, 0.717) is 18.1 Å². The van der Waals surface area contributed by atoms with Gasteiger partial charge in [-0.2, -0.15) is 4.98 Å². The molecule has 2 aromatic heterocycles. The van der Waals surface area contributed by atoms with Crippen LogP contribution in [0.3, 0.4) is 0 Å². The highest BCUT2D eigenvalue weighted by Gasteiger charge is 2.31. The van der Waals surface area contributed by atoms with Crippen LogP contribution in [0.2, 0.25) is 0 Å². The lowest BCUT2D eigenvalue weighted by Gasteiger charge is -2.24. The smallest absolute Gasteiger partial charge is 0.268 e. The lowest BCUT2D eigenvalue weighted by molar-refractivity contribution is -0.121. The van der Waals surface area contributed by atoms with Gasteiger partial charge in [0.15, 0.2) is 5.82 Å². The second-order valence-corrected chi connectivity index (χ2v) is 8.81. The van der Waals surface area contributed by atoms with Gasteiger partial charge < -0.3 is 9.88 Å². The van der Waals surface area contributed by atoms with Gasteiger partial charge in [0.05, 0.1) is 6.54 Å². The zero-order chi connectivity index (χ0) is 24.3. The first-order valence-corrected chi connectivity index (χ1v) is 11.0. The van der Waals surface area contributed by atoms with E-state index in [1.54, 1.807) is 48.5 Å². The Morgan fingerprint density at radius 2 is 1.68 bits per heavy atom. The largest absolute Gasteiger partial charge is 0.347 e. The van der Waals surface area contributed by atoms with Crippen LogP contribution in [0, 0.1) is 6.92 Å². The number of rotatable bonds is 7. The summed E-state index contributed by atoms with van der Waals surface area (Å²) in [6, 6.07) is 21.4. The third kappa shape index (κ3) is 5.06. The molecule has 2 N–H and O–H groups in total. The molecule has 0 atom stereocenters. The van der Waals surface area contributed by atoms with Crippen molar-refractivity contribution in [2.75, 3.05) is 5.32 Å². The van der Waals surface area contributed by atoms with E-state index < -0.39 is 11.4 Å². The van der Waals surface area contributed by atoms with E-state index in [-0.39, 0.29) is 11.9 Å². The van der Waals surface area contributed by atoms with E-state index in [1.807, 2.05) is 61.5 Å². The van der Waals surface area contributed by atoms with Crippen molar-refractivity contribution < 1.29 is 9.59 Å². The number of nitrogens with one attached hydrogen (secondary N) is 2. The molecule has 0 aliphatic carbocycles. The van der Waals surface area contributed by atoms with Gasteiger partial charge in [0.1, 0.15) is 11.2 Å². The summed E-state index contributed by atoms with van der Waals surface area (Å²) >= 11 is 0. The fraction of sp³-hybridized carbons (Fsp3) is 0.231. The Morgan fingerprint density at radius 3 is 2.32 bits per heavy atom. The first-order valence-electron chi connectivity index (χ1n) is 11.0. The Labute approximate surface area is 198 Å². The maximum atomic E-state index is 13.1. The van der Waals surface area contributed by atoms with Gasteiger partial charge in [0.25, 0.3) is 11.8 Å². The monoisotopic (exact) mass is 456 g/mol. The minimum Gasteiger partial charge on any atom is -0.347 e. The van der Waals surface area contributed by atoms with E-state index in [1.165, 1.54) is 0 Å². The van der Waals surface area contributed by atoms with E-state index in [0.717, 1.165) is 16.7 Å². The third-order valence-corrected chi connectivity index (χ3v) is 5.55. The van der Waals surface area contributed by atoms with E-state index >= 15 is 0 Å². The topological polar surface area (TPSA) is 93.8 Å². The predicted octanol–water partition coefficient (Wildman–Crippen LogP) is 3.79. The van der Waals surface area contributed by atoms with Crippen LogP contribution in [0.25, 0.3) is 11.4 Å². The molecule has 34 heavy (non-hydrogen) atoms. The second-order valence-electron chi connectivity index (χ2n) is 8.81. The summed E-state index contributed by atoms with van der Waals surface area (Å²) in [4.78, 5) is 30.3. The highest BCUT2D eigenvalue weighted by molar-refractivity contribution is 6.02. The van der Waals surface area contributed by atoms with E-state index in [9.17, 15) is 9.59 Å². The molecule has 2 amide bonds. The fourth-order valence-corrected chi connectivity index (χ4v) is 3.54. The van der Waals surface area contributed by atoms with Gasteiger partial charge in [-0.15, -0.1) is 5.10 Å². The minimum absolute atomic E-state index is 0.178. The molecule has 8 heteroatoms. The Hall–Kier alpha value is -4.20. The summed E-state index contributed by atoms with van der Waals surface area (Å²) in [6.45, 7) is 5.81. The van der Waals surface area contributed by atoms with Crippen LogP contribution < -0.4 is 10.6 Å². The van der Waals surface area contributed by atoms with Crippen molar-refractivity contribution >= 4 is 17.8 Å². The van der Waals surface area contributed by atoms with Crippen LogP contribution >= 0.6 is 0 Å². The molecule has 0 fully saturated rings. The number of anilines is 1. The standard InChI is InChI=1S/C26H28N6O2/c1-18-12-14-20(15-13-18)22-27-25(30-32(22)17-19-9-6-5-7-10-19)28-24(34)26(2,3)29-23(33)21-11-8-16-31(21)4/h5-16H,17H2,1-4H3,(H,29,33)(H,28,30,34). The van der Waals surface area contributed by atoms with Crippen molar-refractivity contribution in [3.8, 4) is 11.4 Å². The van der Waals surface area contributed by atoms with Gasteiger partial charge in [0, 0.05) is 18.8 Å². The molecule has 0 aliphatic heterocycles. The molecule has 0 radical (unpaired) electrons. The number of hydrogen-bond donors (Lipinski definition) is 2. The van der Waals surface area contributed by atoms with Crippen molar-refractivity contribution in [1.82, 2.24) is 24.6 Å². The number of aromatic nitrogens is 4. The summed E-state index contributed by atoms with van der Waals surface area (Å²) in [7, 11) is 1.78. The maximum Gasteiger partial charge on any atom is 0.268 e. The van der Waals surface area contributed by atoms with Crippen molar-refractivity contribution in [3.63, 3.8) is 0 Å². The average Bonchev–Trinajstić information content (AvgIpc) is 3.40. The number of benzene rings is 2. The maximum absolute atomic E-state index is 13.1. The van der Waals surface area contributed by atoms with Gasteiger partial charge in [-0.1, -0.05) is 60.2 Å². The van der Waals surface area contributed by atoms with E-state index in [4.69, 9.17) is 0 Å². The lowest BCUT2D eigenvalue weighted by Crippen LogP contribution is -2.52. The van der Waals surface area contributed by atoms with Gasteiger partial charge in [-0.05, 0) is 38.5 Å². The molecule has 0 unspecified atom stereocenters. The van der Waals surface area contributed by atoms with Crippen LogP contribution in [-0.2, 0) is 18.4 Å². The van der Waals surface area contributed by atoms with Crippen LogP contribution in [0.5, 0.6) is 0 Å². The van der Waals surface area contributed by atoms with Crippen molar-refractivity contribution in [2.45, 2.75) is 32.9 Å². The quantitative estimate of drug-likeness (QED) is 0.442. The summed E-state index contributed by atoms with van der Waals surface area (Å²) in [5, 5.41) is 10.1. The Kier molecular flexibility index (Phi) is 6.32. The molecule has 0 bridgehead atoms. The van der Waals surface area contributed by atoms with Gasteiger partial charge in [-0.3, -0.25) is 14.9 Å². The molecule has 0 aliphatic rings. The summed E-state index contributed by atoms with van der Waals surface area (Å²) in [6.07, 6.45) is 1.78. The van der Waals surface area contributed by atoms with Crippen LogP contribution in [0.1, 0.15) is 35.5 Å². The van der Waals surface area contributed by atoms with Crippen LogP contribution in [-0.4, -0.2) is 36.7 Å². The average molecular weight is 457 g/mol. The number of aryl methyl sites for hydroxylation is 2. The fourth-order valence-electron chi connectivity index (χ4n) is 3.54. The van der Waals surface area contributed by atoms with Crippen LogP contribution in [0.4, 0.5) is 5.95 Å². The van der Waals surface area contributed by atoms with Gasteiger partial charge in [-0.25, -0.2) is 4.68 Å². The van der Waals surface area contributed by atoms with Crippen LogP contribution in [0.15, 0.2) is 72.9 Å². The zero-order valence-electron chi connectivity index (χ0n) is 19.7. The summed E-state index contributed by atoms with van der Waals surface area (Å²) in [5.74, 6) is 0.0699. The van der Waals surface area contributed by atoms with Gasteiger partial charge in [0.2, 0.25) is 5.95 Å². The number of carbonyl (C=O) groups excluding carboxylic acids is 2. The molecule has 2 heterocycles. The molecule has 0 spiro atoms. The van der Waals surface area contributed by atoms with Crippen molar-refractivity contribution in [1.29, 1.82) is 0 Å². The second kappa shape index (κ2) is 9.35. The summed E-state index contributed by atoms with van der Waals surface area (Å²) in [5.41, 5.74) is 2.38. The number of nitrogens with zero attached hydrogens (tertiary/aromatic N) is 4. The van der Waals surface area contributed by atoms with Gasteiger partial charge >= 0.3 is 0 Å². The number of carbonyl (C=O) groups is 2. The molecule has 4 aromatic rings. The molecule has 0 saturated carbocycles. The third-order valence-electron chi connectivity index (χ3n) is 5.55. The molecule has 2 aromatic carbocycles. The first kappa shape index (κ1) is 23.0. The SMILES string of the molecule is Cc1ccc(-c2nc(NC(=O)C(C)(C)NC(=O)c3cccn3C)nn2Cc2ccccc2)cc1. The molecule has 4 rings (SSSR count). The highest BCUT2D eigenvalue weighted by Crippen LogP contribution is 2.21. The first-order chi connectivity index (χ1) is 16.2. The molecular formula is C26H28N6O2. The number of hydrogen-bond acceptors (Lipinski definition) is 4.